The molecule has 2 aromatic carbocycles. The zero-order valence-electron chi connectivity index (χ0n) is 17.8. The number of hydrogen-bond acceptors (Lipinski definition) is 5. The van der Waals surface area contributed by atoms with Crippen LogP contribution in [-0.4, -0.2) is 62.9 Å². The van der Waals surface area contributed by atoms with Crippen molar-refractivity contribution in [1.29, 1.82) is 0 Å². The van der Waals surface area contributed by atoms with Crippen LogP contribution in [0.4, 0.5) is 10.1 Å². The topological polar surface area (TPSA) is 79.0 Å². The van der Waals surface area contributed by atoms with E-state index in [4.69, 9.17) is 4.74 Å². The van der Waals surface area contributed by atoms with E-state index >= 15 is 0 Å². The normalized spacial score (nSPS) is 15.7. The monoisotopic (exact) mass is 449 g/mol. The number of likely N-dealkylation sites (N-methyl/N-ethyl adjacent to an activating group) is 1. The van der Waals surface area contributed by atoms with Crippen LogP contribution in [0.3, 0.4) is 0 Å². The second-order valence-corrected chi connectivity index (χ2v) is 9.52. The Hall–Kier alpha value is -2.49. The van der Waals surface area contributed by atoms with Crippen molar-refractivity contribution in [3.05, 3.63) is 54.3 Å². The summed E-state index contributed by atoms with van der Waals surface area (Å²) in [6.07, 6.45) is 1.77. The molecule has 0 aromatic heterocycles. The second kappa shape index (κ2) is 10.2. The van der Waals surface area contributed by atoms with E-state index < -0.39 is 16.1 Å². The molecule has 1 atom stereocenters. The predicted octanol–water partition coefficient (Wildman–Crippen LogP) is 2.95. The molecule has 1 heterocycles. The lowest BCUT2D eigenvalue weighted by molar-refractivity contribution is -0.120. The van der Waals surface area contributed by atoms with E-state index in [9.17, 15) is 17.6 Å². The Morgan fingerprint density at radius 3 is 2.35 bits per heavy atom. The summed E-state index contributed by atoms with van der Waals surface area (Å²) >= 11 is 0. The minimum atomic E-state index is -3.47. The molecule has 1 saturated heterocycles. The van der Waals surface area contributed by atoms with E-state index in [0.717, 1.165) is 12.8 Å². The maximum atomic E-state index is 12.9. The van der Waals surface area contributed by atoms with E-state index in [1.807, 2.05) is 11.9 Å². The van der Waals surface area contributed by atoms with E-state index in [1.165, 1.54) is 28.6 Å². The first-order chi connectivity index (χ1) is 14.8. The summed E-state index contributed by atoms with van der Waals surface area (Å²) < 4.78 is 45.2. The van der Waals surface area contributed by atoms with Crippen LogP contribution in [0, 0.1) is 5.82 Å². The third-order valence-electron chi connectivity index (χ3n) is 5.39. The Labute approximate surface area is 182 Å². The molecular weight excluding hydrogens is 421 g/mol. The van der Waals surface area contributed by atoms with Gasteiger partial charge in [0.15, 0.2) is 0 Å². The summed E-state index contributed by atoms with van der Waals surface area (Å²) in [6.45, 7) is 3.73. The summed E-state index contributed by atoms with van der Waals surface area (Å²) in [4.78, 5) is 14.6. The molecule has 0 aliphatic carbocycles. The lowest BCUT2D eigenvalue weighted by atomic mass is 10.2. The van der Waals surface area contributed by atoms with Crippen molar-refractivity contribution in [2.45, 2.75) is 30.7 Å². The number of sulfonamides is 1. The van der Waals surface area contributed by atoms with Gasteiger partial charge in [0.1, 0.15) is 18.2 Å². The van der Waals surface area contributed by atoms with E-state index in [-0.39, 0.29) is 16.6 Å². The average molecular weight is 450 g/mol. The summed E-state index contributed by atoms with van der Waals surface area (Å²) in [7, 11) is -1.66. The van der Waals surface area contributed by atoms with Crippen LogP contribution in [0.15, 0.2) is 53.4 Å². The van der Waals surface area contributed by atoms with Gasteiger partial charge in [-0.2, -0.15) is 4.31 Å². The molecule has 0 saturated carbocycles. The van der Waals surface area contributed by atoms with E-state index in [1.54, 1.807) is 31.2 Å². The van der Waals surface area contributed by atoms with Crippen molar-refractivity contribution in [2.24, 2.45) is 0 Å². The molecule has 31 heavy (non-hydrogen) atoms. The van der Waals surface area contributed by atoms with Crippen molar-refractivity contribution >= 4 is 21.6 Å². The standard InChI is InChI=1S/C22H28FN3O4S/c1-17(25(2)15-16-30-20-9-5-18(23)6-10-20)22(27)24-19-7-11-21(12-8-19)31(28,29)26-13-3-4-14-26/h5-12,17H,3-4,13-16H2,1-2H3,(H,24,27). The molecule has 1 aliphatic heterocycles. The van der Waals surface area contributed by atoms with Gasteiger partial charge in [-0.15, -0.1) is 0 Å². The number of anilines is 1. The molecule has 1 aliphatic rings. The van der Waals surface area contributed by atoms with Crippen LogP contribution in [-0.2, 0) is 14.8 Å². The van der Waals surface area contributed by atoms with Crippen molar-refractivity contribution in [1.82, 2.24) is 9.21 Å². The van der Waals surface area contributed by atoms with Crippen LogP contribution >= 0.6 is 0 Å². The number of nitrogens with one attached hydrogen (secondary N) is 1. The smallest absolute Gasteiger partial charge is 0.243 e. The van der Waals surface area contributed by atoms with Crippen molar-refractivity contribution < 1.29 is 22.3 Å². The van der Waals surface area contributed by atoms with Gasteiger partial charge >= 0.3 is 0 Å². The lowest BCUT2D eigenvalue weighted by Gasteiger charge is -2.24. The average Bonchev–Trinajstić information content (AvgIpc) is 3.31. The van der Waals surface area contributed by atoms with Gasteiger partial charge < -0.3 is 10.1 Å². The molecule has 0 bridgehead atoms. The summed E-state index contributed by atoms with van der Waals surface area (Å²) in [5.74, 6) is 0.0340. The fraction of sp³-hybridized carbons (Fsp3) is 0.409. The highest BCUT2D eigenvalue weighted by molar-refractivity contribution is 7.89. The quantitative estimate of drug-likeness (QED) is 0.637. The molecule has 1 N–H and O–H groups in total. The molecule has 1 amide bonds. The highest BCUT2D eigenvalue weighted by Gasteiger charge is 2.27. The highest BCUT2D eigenvalue weighted by atomic mass is 32.2. The Morgan fingerprint density at radius 2 is 1.74 bits per heavy atom. The molecule has 168 valence electrons. The van der Waals surface area contributed by atoms with Gasteiger partial charge in [0.25, 0.3) is 0 Å². The molecule has 1 fully saturated rings. The molecule has 3 rings (SSSR count). The van der Waals surface area contributed by atoms with Crippen molar-refractivity contribution in [3.8, 4) is 5.75 Å². The lowest BCUT2D eigenvalue weighted by Crippen LogP contribution is -2.41. The number of hydrogen-bond donors (Lipinski definition) is 1. The number of rotatable bonds is 9. The van der Waals surface area contributed by atoms with Gasteiger partial charge in [0, 0.05) is 25.3 Å². The summed E-state index contributed by atoms with van der Waals surface area (Å²) in [6, 6.07) is 11.6. The first-order valence-corrected chi connectivity index (χ1v) is 11.7. The highest BCUT2D eigenvalue weighted by Crippen LogP contribution is 2.22. The minimum Gasteiger partial charge on any atom is -0.492 e. The Balaban J connectivity index is 1.49. The van der Waals surface area contributed by atoms with Gasteiger partial charge in [0.05, 0.1) is 10.9 Å². The van der Waals surface area contributed by atoms with Gasteiger partial charge in [-0.3, -0.25) is 9.69 Å². The minimum absolute atomic E-state index is 0.209. The fourth-order valence-corrected chi connectivity index (χ4v) is 4.78. The second-order valence-electron chi connectivity index (χ2n) is 7.58. The van der Waals surface area contributed by atoms with Gasteiger partial charge in [-0.1, -0.05) is 0 Å². The first-order valence-electron chi connectivity index (χ1n) is 10.3. The van der Waals surface area contributed by atoms with Gasteiger partial charge in [-0.25, -0.2) is 12.8 Å². The van der Waals surface area contributed by atoms with E-state index in [0.29, 0.717) is 37.7 Å². The van der Waals surface area contributed by atoms with Gasteiger partial charge in [0.2, 0.25) is 15.9 Å². The molecule has 0 spiro atoms. The Kier molecular flexibility index (Phi) is 7.64. The molecule has 2 aromatic rings. The summed E-state index contributed by atoms with van der Waals surface area (Å²) in [5, 5.41) is 2.81. The maximum Gasteiger partial charge on any atom is 0.243 e. The van der Waals surface area contributed by atoms with Crippen LogP contribution in [0.5, 0.6) is 5.75 Å². The molecular formula is C22H28FN3O4S. The molecule has 7 nitrogen and oxygen atoms in total. The van der Waals surface area contributed by atoms with Crippen LogP contribution in [0.25, 0.3) is 0 Å². The third kappa shape index (κ3) is 6.03. The fourth-order valence-electron chi connectivity index (χ4n) is 3.27. The number of carbonyl (C=O) groups is 1. The zero-order valence-corrected chi connectivity index (χ0v) is 18.6. The van der Waals surface area contributed by atoms with Crippen molar-refractivity contribution in [2.75, 3.05) is 38.6 Å². The number of halogens is 1. The maximum absolute atomic E-state index is 12.9. The number of ether oxygens (including phenoxy) is 1. The molecule has 0 radical (unpaired) electrons. The Morgan fingerprint density at radius 1 is 1.13 bits per heavy atom. The number of carbonyl (C=O) groups excluding carboxylic acids is 1. The van der Waals surface area contributed by atoms with Gasteiger partial charge in [-0.05, 0) is 75.3 Å². The third-order valence-corrected chi connectivity index (χ3v) is 7.30. The first kappa shape index (κ1) is 23.2. The number of nitrogens with zero attached hydrogens (tertiary/aromatic N) is 2. The van der Waals surface area contributed by atoms with Crippen LogP contribution in [0.2, 0.25) is 0 Å². The SMILES string of the molecule is CC(C(=O)Nc1ccc(S(=O)(=O)N2CCCC2)cc1)N(C)CCOc1ccc(F)cc1. The summed E-state index contributed by atoms with van der Waals surface area (Å²) in [5.41, 5.74) is 0.535. The largest absolute Gasteiger partial charge is 0.492 e. The number of amides is 1. The predicted molar refractivity (Wildman–Crippen MR) is 117 cm³/mol. The van der Waals surface area contributed by atoms with Crippen molar-refractivity contribution in [3.63, 3.8) is 0 Å². The molecule has 9 heteroatoms. The molecule has 1 unspecified atom stereocenters. The Bertz CT molecular complexity index is 975. The van der Waals surface area contributed by atoms with E-state index in [2.05, 4.69) is 5.32 Å². The van der Waals surface area contributed by atoms with Crippen LogP contribution in [0.1, 0.15) is 19.8 Å². The zero-order chi connectivity index (χ0) is 22.4. The van der Waals surface area contributed by atoms with Crippen LogP contribution < -0.4 is 10.1 Å². The number of benzene rings is 2.